The van der Waals surface area contributed by atoms with E-state index in [9.17, 15) is 14.4 Å². The zero-order chi connectivity index (χ0) is 39.3. The maximum atomic E-state index is 14.3. The summed E-state index contributed by atoms with van der Waals surface area (Å²) in [5.41, 5.74) is 17.8. The second-order valence-electron chi connectivity index (χ2n) is 15.5. The van der Waals surface area contributed by atoms with Crippen LogP contribution in [0.25, 0.3) is 11.1 Å². The van der Waals surface area contributed by atoms with Gasteiger partial charge in [0.25, 0.3) is 5.91 Å². The summed E-state index contributed by atoms with van der Waals surface area (Å²) in [4.78, 5) is 52.0. The maximum Gasteiger partial charge on any atom is 0.410 e. The largest absolute Gasteiger partial charge is 0.448 e. The minimum atomic E-state index is -0.588. The van der Waals surface area contributed by atoms with Gasteiger partial charge in [0.15, 0.2) is 22.5 Å². The van der Waals surface area contributed by atoms with Crippen LogP contribution in [0, 0.1) is 18.8 Å². The van der Waals surface area contributed by atoms with Crippen LogP contribution in [-0.4, -0.2) is 82.8 Å². The molecule has 13 heteroatoms. The van der Waals surface area contributed by atoms with Crippen molar-refractivity contribution < 1.29 is 23.9 Å². The average Bonchev–Trinajstić information content (AvgIpc) is 3.47. The van der Waals surface area contributed by atoms with Crippen molar-refractivity contribution in [2.45, 2.75) is 58.5 Å². The van der Waals surface area contributed by atoms with Gasteiger partial charge >= 0.3 is 12.2 Å². The Morgan fingerprint density at radius 3 is 2.18 bits per heavy atom. The summed E-state index contributed by atoms with van der Waals surface area (Å²) in [6.07, 6.45) is 1.20. The van der Waals surface area contributed by atoms with Gasteiger partial charge < -0.3 is 36.1 Å². The smallest absolute Gasteiger partial charge is 0.410 e. The van der Waals surface area contributed by atoms with Crippen molar-refractivity contribution in [3.63, 3.8) is 0 Å². The molecule has 5 N–H and O–H groups in total. The zero-order valence-corrected chi connectivity index (χ0v) is 32.6. The van der Waals surface area contributed by atoms with Crippen LogP contribution in [0.5, 0.6) is 0 Å². The molecule has 3 amide bonds. The van der Waals surface area contributed by atoms with E-state index < -0.39 is 17.6 Å². The predicted octanol–water partition coefficient (Wildman–Crippen LogP) is 7.09. The topological polar surface area (TPSA) is 166 Å². The van der Waals surface area contributed by atoms with Gasteiger partial charge in [-0.1, -0.05) is 84.4 Å². The SMILES string of the molecule is Cc1ccccc1C[C@@H](CNC(=O)c1nc(Cl)c(N)nc1N)CN(CC1CCN(C(=O)OC(C)(C)C)CC1)C(=O)OCC1c2ccccc2-c2ccccc21. The molecule has 1 fully saturated rings. The number of anilines is 2. The Balaban J connectivity index is 1.22. The summed E-state index contributed by atoms with van der Waals surface area (Å²) >= 11 is 6.08. The van der Waals surface area contributed by atoms with E-state index >= 15 is 0 Å². The molecule has 0 saturated carbocycles. The molecule has 0 radical (unpaired) electrons. The number of ether oxygens (including phenoxy) is 2. The first-order valence-electron chi connectivity index (χ1n) is 18.8. The monoisotopic (exact) mass is 767 g/mol. The Morgan fingerprint density at radius 2 is 1.55 bits per heavy atom. The fourth-order valence-electron chi connectivity index (χ4n) is 7.44. The second-order valence-corrected chi connectivity index (χ2v) is 15.8. The third-order valence-corrected chi connectivity index (χ3v) is 10.5. The Kier molecular flexibility index (Phi) is 12.1. The third-order valence-electron chi connectivity index (χ3n) is 10.3. The maximum absolute atomic E-state index is 14.3. The van der Waals surface area contributed by atoms with E-state index in [1.165, 1.54) is 0 Å². The molecule has 6 rings (SSSR count). The fourth-order valence-corrected chi connectivity index (χ4v) is 7.56. The number of piperidine rings is 1. The lowest BCUT2D eigenvalue weighted by molar-refractivity contribution is 0.0161. The second kappa shape index (κ2) is 17.0. The van der Waals surface area contributed by atoms with Gasteiger partial charge in [0, 0.05) is 38.6 Å². The number of aromatic nitrogens is 2. The van der Waals surface area contributed by atoms with Crippen LogP contribution in [0.15, 0.2) is 72.8 Å². The minimum Gasteiger partial charge on any atom is -0.448 e. The first kappa shape index (κ1) is 39.3. The number of hydrogen-bond donors (Lipinski definition) is 3. The summed E-state index contributed by atoms with van der Waals surface area (Å²) in [6.45, 7) is 9.73. The van der Waals surface area contributed by atoms with Crippen molar-refractivity contribution in [3.8, 4) is 11.1 Å². The number of likely N-dealkylation sites (tertiary alicyclic amines) is 1. The number of nitrogens with zero attached hydrogens (tertiary/aromatic N) is 4. The lowest BCUT2D eigenvalue weighted by Gasteiger charge is -2.36. The molecule has 0 unspecified atom stereocenters. The van der Waals surface area contributed by atoms with E-state index in [1.807, 2.05) is 70.2 Å². The van der Waals surface area contributed by atoms with E-state index in [0.29, 0.717) is 45.4 Å². The number of rotatable bonds is 11. The van der Waals surface area contributed by atoms with E-state index in [4.69, 9.17) is 32.5 Å². The van der Waals surface area contributed by atoms with Gasteiger partial charge in [-0.25, -0.2) is 19.6 Å². The number of fused-ring (bicyclic) bond motifs is 3. The third kappa shape index (κ3) is 9.66. The van der Waals surface area contributed by atoms with Gasteiger partial charge in [-0.2, -0.15) is 0 Å². The molecule has 290 valence electrons. The number of nitrogens with one attached hydrogen (secondary N) is 1. The van der Waals surface area contributed by atoms with Crippen molar-refractivity contribution in [2.24, 2.45) is 11.8 Å². The van der Waals surface area contributed by atoms with Crippen molar-refractivity contribution >= 4 is 41.3 Å². The molecule has 2 aliphatic rings. The van der Waals surface area contributed by atoms with E-state index in [0.717, 1.165) is 33.4 Å². The number of aryl methyl sites for hydroxylation is 1. The van der Waals surface area contributed by atoms with Crippen LogP contribution in [0.3, 0.4) is 0 Å². The highest BCUT2D eigenvalue weighted by Gasteiger charge is 2.33. The van der Waals surface area contributed by atoms with E-state index in [2.05, 4.69) is 45.6 Å². The number of amides is 3. The molecule has 3 aromatic carbocycles. The molecule has 1 aliphatic heterocycles. The van der Waals surface area contributed by atoms with Crippen molar-refractivity contribution in [3.05, 3.63) is 106 Å². The molecule has 1 atom stereocenters. The lowest BCUT2D eigenvalue weighted by atomic mass is 9.93. The molecular weight excluding hydrogens is 718 g/mol. The van der Waals surface area contributed by atoms with Crippen molar-refractivity contribution in [1.82, 2.24) is 25.1 Å². The van der Waals surface area contributed by atoms with Crippen LogP contribution in [-0.2, 0) is 15.9 Å². The lowest BCUT2D eigenvalue weighted by Crippen LogP contribution is -2.46. The summed E-state index contributed by atoms with van der Waals surface area (Å²) < 4.78 is 11.8. The molecular formula is C42H50ClN7O5. The first-order valence-corrected chi connectivity index (χ1v) is 19.1. The number of carbonyl (C=O) groups is 3. The average molecular weight is 768 g/mol. The Morgan fingerprint density at radius 1 is 0.927 bits per heavy atom. The number of halogens is 1. The standard InChI is InChI=1S/C42H50ClN7O5/c1-26-11-5-6-12-29(26)21-28(22-46-39(51)35-37(44)48-38(45)36(43)47-35)24-50(23-27-17-19-49(20-18-27)41(53)55-42(2,3)4)40(52)54-25-34-32-15-9-7-13-30(32)31-14-8-10-16-33(31)34/h5-16,27-28,34H,17-25H2,1-4H3,(H,46,51)(H4,44,45,48)/t28-/m0/s1. The van der Waals surface area contributed by atoms with Crippen LogP contribution in [0.2, 0.25) is 5.15 Å². The zero-order valence-electron chi connectivity index (χ0n) is 31.9. The number of carbonyl (C=O) groups excluding carboxylic acids is 3. The minimum absolute atomic E-state index is 0.0659. The summed E-state index contributed by atoms with van der Waals surface area (Å²) in [7, 11) is 0. The fraction of sp³-hybridized carbons (Fsp3) is 0.405. The van der Waals surface area contributed by atoms with Crippen LogP contribution < -0.4 is 16.8 Å². The summed E-state index contributed by atoms with van der Waals surface area (Å²) in [5.74, 6) is -0.971. The molecule has 4 aromatic rings. The highest BCUT2D eigenvalue weighted by molar-refractivity contribution is 6.31. The number of nitrogen functional groups attached to an aromatic ring is 2. The Labute approximate surface area is 327 Å². The van der Waals surface area contributed by atoms with Crippen LogP contribution >= 0.6 is 11.6 Å². The van der Waals surface area contributed by atoms with E-state index in [-0.39, 0.29) is 59.5 Å². The van der Waals surface area contributed by atoms with Crippen molar-refractivity contribution in [2.75, 3.05) is 50.8 Å². The normalized spacial score (nSPS) is 14.8. The van der Waals surface area contributed by atoms with Crippen molar-refractivity contribution in [1.29, 1.82) is 0 Å². The summed E-state index contributed by atoms with van der Waals surface area (Å²) in [6, 6.07) is 24.5. The van der Waals surface area contributed by atoms with Gasteiger partial charge in [0.05, 0.1) is 0 Å². The predicted molar refractivity (Wildman–Crippen MR) is 214 cm³/mol. The van der Waals surface area contributed by atoms with Gasteiger partial charge in [-0.05, 0) is 92.2 Å². The highest BCUT2D eigenvalue weighted by Crippen LogP contribution is 2.44. The van der Waals surface area contributed by atoms with Gasteiger partial charge in [-0.3, -0.25) is 4.79 Å². The van der Waals surface area contributed by atoms with Gasteiger partial charge in [0.2, 0.25) is 0 Å². The molecule has 0 bridgehead atoms. The first-order chi connectivity index (χ1) is 26.3. The molecule has 1 saturated heterocycles. The number of nitrogens with two attached hydrogens (primary N) is 2. The number of hydrogen-bond acceptors (Lipinski definition) is 9. The molecule has 55 heavy (non-hydrogen) atoms. The van der Waals surface area contributed by atoms with Crippen LogP contribution in [0.4, 0.5) is 21.2 Å². The molecule has 1 aromatic heterocycles. The Bertz CT molecular complexity index is 1980. The molecule has 12 nitrogen and oxygen atoms in total. The summed E-state index contributed by atoms with van der Waals surface area (Å²) in [5, 5.41) is 2.84. The van der Waals surface area contributed by atoms with Gasteiger partial charge in [0.1, 0.15) is 12.2 Å². The number of benzene rings is 3. The van der Waals surface area contributed by atoms with Gasteiger partial charge in [-0.15, -0.1) is 0 Å². The van der Waals surface area contributed by atoms with E-state index in [1.54, 1.807) is 9.80 Å². The molecule has 2 heterocycles. The molecule has 1 aliphatic carbocycles. The Hall–Kier alpha value is -5.36. The highest BCUT2D eigenvalue weighted by atomic mass is 35.5. The quantitative estimate of drug-likeness (QED) is 0.144. The van der Waals surface area contributed by atoms with Crippen LogP contribution in [0.1, 0.15) is 72.3 Å². The molecule has 0 spiro atoms.